The first kappa shape index (κ1) is 14.9. The normalized spacial score (nSPS) is 14.3. The Hall–Kier alpha value is -0.540. The summed E-state index contributed by atoms with van der Waals surface area (Å²) in [5.41, 5.74) is 1.18. The maximum absolute atomic E-state index is 6.18. The van der Waals surface area contributed by atoms with Crippen LogP contribution in [0.15, 0.2) is 36.4 Å². The predicted molar refractivity (Wildman–Crippen MR) is 85.5 cm³/mol. The third-order valence-corrected chi connectivity index (χ3v) is 4.82. The van der Waals surface area contributed by atoms with Gasteiger partial charge in [-0.05, 0) is 44.0 Å². The van der Waals surface area contributed by atoms with E-state index in [1.165, 1.54) is 10.4 Å². The highest BCUT2D eigenvalue weighted by Gasteiger charge is 2.12. The summed E-state index contributed by atoms with van der Waals surface area (Å²) in [6.45, 7) is 4.33. The van der Waals surface area contributed by atoms with Gasteiger partial charge in [0.1, 0.15) is 0 Å². The van der Waals surface area contributed by atoms with Gasteiger partial charge in [0.15, 0.2) is 0 Å². The number of nitrogens with one attached hydrogen (secondary N) is 1. The Morgan fingerprint density at radius 2 is 1.84 bits per heavy atom. The number of hydrogen-bond acceptors (Lipinski definition) is 2. The minimum absolute atomic E-state index is 0.301. The van der Waals surface area contributed by atoms with Crippen LogP contribution in [-0.4, -0.2) is 6.04 Å². The fraction of sp³-hybridized carbons (Fsp3) is 0.333. The van der Waals surface area contributed by atoms with Gasteiger partial charge >= 0.3 is 0 Å². The summed E-state index contributed by atoms with van der Waals surface area (Å²) in [6, 6.07) is 12.7. The molecule has 1 aromatic heterocycles. The van der Waals surface area contributed by atoms with Gasteiger partial charge in [-0.1, -0.05) is 41.4 Å². The summed E-state index contributed by atoms with van der Waals surface area (Å²) in [4.78, 5) is 1.26. The van der Waals surface area contributed by atoms with Crippen LogP contribution in [0.5, 0.6) is 0 Å². The van der Waals surface area contributed by atoms with Crippen molar-refractivity contribution in [2.45, 2.75) is 32.4 Å². The first-order valence-electron chi connectivity index (χ1n) is 6.31. The van der Waals surface area contributed by atoms with Crippen LogP contribution in [0.1, 0.15) is 30.3 Å². The van der Waals surface area contributed by atoms with Gasteiger partial charge < -0.3 is 5.32 Å². The second kappa shape index (κ2) is 6.76. The molecule has 0 radical (unpaired) electrons. The van der Waals surface area contributed by atoms with E-state index in [-0.39, 0.29) is 0 Å². The average Bonchev–Trinajstić information content (AvgIpc) is 2.79. The maximum atomic E-state index is 6.18. The fourth-order valence-corrected chi connectivity index (χ4v) is 3.41. The van der Waals surface area contributed by atoms with Gasteiger partial charge in [-0.2, -0.15) is 0 Å². The molecule has 0 amide bonds. The monoisotopic (exact) mass is 313 g/mol. The first-order valence-corrected chi connectivity index (χ1v) is 7.88. The Balaban J connectivity index is 1.94. The topological polar surface area (TPSA) is 12.0 Å². The van der Waals surface area contributed by atoms with Gasteiger partial charge in [-0.25, -0.2) is 0 Å². The highest BCUT2D eigenvalue weighted by atomic mass is 35.5. The van der Waals surface area contributed by atoms with Crippen molar-refractivity contribution < 1.29 is 0 Å². The number of thiophene rings is 1. The lowest BCUT2D eigenvalue weighted by atomic mass is 10.1. The van der Waals surface area contributed by atoms with Crippen LogP contribution in [0, 0.1) is 0 Å². The maximum Gasteiger partial charge on any atom is 0.0931 e. The molecule has 0 saturated carbocycles. The quantitative estimate of drug-likeness (QED) is 0.786. The summed E-state index contributed by atoms with van der Waals surface area (Å²) >= 11 is 13.8. The molecular weight excluding hydrogens is 297 g/mol. The van der Waals surface area contributed by atoms with Crippen molar-refractivity contribution in [2.24, 2.45) is 0 Å². The second-order valence-corrected chi connectivity index (χ2v) is 6.88. The third-order valence-electron chi connectivity index (χ3n) is 3.04. The highest BCUT2D eigenvalue weighted by Crippen LogP contribution is 2.27. The molecule has 1 N–H and O–H groups in total. The Morgan fingerprint density at radius 1 is 1.11 bits per heavy atom. The Morgan fingerprint density at radius 3 is 2.47 bits per heavy atom. The molecule has 0 saturated heterocycles. The van der Waals surface area contributed by atoms with Gasteiger partial charge in [0.25, 0.3) is 0 Å². The number of rotatable bonds is 5. The molecule has 0 spiro atoms. The molecule has 0 aliphatic rings. The van der Waals surface area contributed by atoms with Crippen molar-refractivity contribution >= 4 is 34.5 Å². The largest absolute Gasteiger partial charge is 0.307 e. The molecule has 2 rings (SSSR count). The number of benzene rings is 1. The Labute approximate surface area is 128 Å². The molecular formula is C15H17Cl2NS. The van der Waals surface area contributed by atoms with Gasteiger partial charge in [0.2, 0.25) is 0 Å². The molecule has 1 nitrogen and oxygen atoms in total. The molecule has 0 fully saturated rings. The molecule has 1 heterocycles. The molecule has 2 aromatic rings. The molecule has 2 unspecified atom stereocenters. The predicted octanol–water partition coefficient (Wildman–Crippen LogP) is 5.34. The van der Waals surface area contributed by atoms with E-state index >= 15 is 0 Å². The molecule has 2 atom stereocenters. The summed E-state index contributed by atoms with van der Waals surface area (Å²) < 4.78 is 0.836. The van der Waals surface area contributed by atoms with Crippen molar-refractivity contribution in [3.05, 3.63) is 56.2 Å². The van der Waals surface area contributed by atoms with E-state index in [0.29, 0.717) is 12.1 Å². The Kier molecular flexibility index (Phi) is 5.28. The zero-order valence-corrected chi connectivity index (χ0v) is 13.3. The van der Waals surface area contributed by atoms with Crippen molar-refractivity contribution in [1.29, 1.82) is 0 Å². The number of hydrogen-bond donors (Lipinski definition) is 1. The second-order valence-electron chi connectivity index (χ2n) is 4.73. The van der Waals surface area contributed by atoms with Crippen molar-refractivity contribution in [3.63, 3.8) is 0 Å². The molecule has 1 aromatic carbocycles. The fourth-order valence-electron chi connectivity index (χ4n) is 2.12. The van der Waals surface area contributed by atoms with E-state index in [0.717, 1.165) is 15.8 Å². The average molecular weight is 314 g/mol. The third kappa shape index (κ3) is 4.22. The van der Waals surface area contributed by atoms with Crippen LogP contribution in [0.4, 0.5) is 0 Å². The van der Waals surface area contributed by atoms with Gasteiger partial charge in [-0.15, -0.1) is 11.3 Å². The van der Waals surface area contributed by atoms with E-state index < -0.39 is 0 Å². The minimum Gasteiger partial charge on any atom is -0.307 e. The summed E-state index contributed by atoms with van der Waals surface area (Å²) in [5.74, 6) is 0. The zero-order chi connectivity index (χ0) is 13.8. The molecule has 0 aliphatic carbocycles. The molecule has 102 valence electrons. The van der Waals surface area contributed by atoms with E-state index in [9.17, 15) is 0 Å². The van der Waals surface area contributed by atoms with Crippen LogP contribution in [-0.2, 0) is 6.42 Å². The van der Waals surface area contributed by atoms with Gasteiger partial charge in [0.05, 0.1) is 4.34 Å². The lowest BCUT2D eigenvalue weighted by Crippen LogP contribution is -2.30. The van der Waals surface area contributed by atoms with Gasteiger partial charge in [0, 0.05) is 22.0 Å². The van der Waals surface area contributed by atoms with Crippen LogP contribution in [0.25, 0.3) is 0 Å². The molecule has 0 bridgehead atoms. The smallest absolute Gasteiger partial charge is 0.0931 e. The highest BCUT2D eigenvalue weighted by molar-refractivity contribution is 7.16. The standard InChI is InChI=1S/C15H17Cl2NS/c1-10(9-12-5-3-4-6-13(12)16)18-11(2)14-7-8-15(17)19-14/h3-8,10-11,18H,9H2,1-2H3. The van der Waals surface area contributed by atoms with Crippen molar-refractivity contribution in [1.82, 2.24) is 5.32 Å². The summed E-state index contributed by atoms with van der Waals surface area (Å²) in [6.07, 6.45) is 0.920. The lowest BCUT2D eigenvalue weighted by Gasteiger charge is -2.19. The molecule has 19 heavy (non-hydrogen) atoms. The van der Waals surface area contributed by atoms with Crippen LogP contribution in [0.2, 0.25) is 9.36 Å². The van der Waals surface area contributed by atoms with E-state index in [1.807, 2.05) is 24.3 Å². The summed E-state index contributed by atoms with van der Waals surface area (Å²) in [7, 11) is 0. The lowest BCUT2D eigenvalue weighted by molar-refractivity contribution is 0.482. The van der Waals surface area contributed by atoms with E-state index in [1.54, 1.807) is 11.3 Å². The SMILES string of the molecule is CC(Cc1ccccc1Cl)NC(C)c1ccc(Cl)s1. The van der Waals surface area contributed by atoms with Crippen LogP contribution < -0.4 is 5.32 Å². The molecule has 0 aliphatic heterocycles. The first-order chi connectivity index (χ1) is 9.06. The van der Waals surface area contributed by atoms with Crippen LogP contribution in [0.3, 0.4) is 0 Å². The van der Waals surface area contributed by atoms with Crippen molar-refractivity contribution in [3.8, 4) is 0 Å². The zero-order valence-electron chi connectivity index (χ0n) is 11.0. The number of halogens is 2. The van der Waals surface area contributed by atoms with Gasteiger partial charge in [-0.3, -0.25) is 0 Å². The molecule has 4 heteroatoms. The van der Waals surface area contributed by atoms with Crippen LogP contribution >= 0.6 is 34.5 Å². The van der Waals surface area contributed by atoms with E-state index in [2.05, 4.69) is 31.3 Å². The summed E-state index contributed by atoms with van der Waals surface area (Å²) in [5, 5.41) is 4.41. The minimum atomic E-state index is 0.301. The van der Waals surface area contributed by atoms with E-state index in [4.69, 9.17) is 23.2 Å². The Bertz CT molecular complexity index is 538. The van der Waals surface area contributed by atoms with Crippen molar-refractivity contribution in [2.75, 3.05) is 0 Å².